The number of hydrogen-bond donors (Lipinski definition) is 2. The van der Waals surface area contributed by atoms with Crippen molar-refractivity contribution in [3.63, 3.8) is 0 Å². The fourth-order valence-corrected chi connectivity index (χ4v) is 1.28. The Morgan fingerprint density at radius 1 is 1.31 bits per heavy atom. The molecule has 0 aromatic carbocycles. The van der Waals surface area contributed by atoms with Gasteiger partial charge in [-0.25, -0.2) is 4.79 Å². The molecule has 0 aromatic rings. The van der Waals surface area contributed by atoms with Gasteiger partial charge >= 0.3 is 5.97 Å². The normalized spacial score (nSPS) is 12.1. The number of carboxylic acid groups (broad SMARTS) is 1. The number of unbranched alkanes of at least 4 members (excludes halogenated alkanes) is 3. The van der Waals surface area contributed by atoms with Gasteiger partial charge in [0.25, 0.3) is 0 Å². The highest BCUT2D eigenvalue weighted by atomic mass is 16.5. The maximum Gasteiger partial charge on any atom is 0.334 e. The Labute approximate surface area is 96.2 Å². The summed E-state index contributed by atoms with van der Waals surface area (Å²) in [5, 5.41) is 11.2. The van der Waals surface area contributed by atoms with Crippen LogP contribution in [0.3, 0.4) is 0 Å². The van der Waals surface area contributed by atoms with Crippen LogP contribution in [0, 0.1) is 0 Å². The number of carbonyl (C=O) groups is 2. The van der Waals surface area contributed by atoms with Gasteiger partial charge in [0.15, 0.2) is 6.10 Å². The van der Waals surface area contributed by atoms with Crippen LogP contribution in [0.25, 0.3) is 0 Å². The Balaban J connectivity index is 3.59. The molecule has 5 nitrogen and oxygen atoms in total. The molecule has 0 fully saturated rings. The summed E-state index contributed by atoms with van der Waals surface area (Å²) in [6, 6.07) is 0. The Morgan fingerprint density at radius 3 is 2.50 bits per heavy atom. The van der Waals surface area contributed by atoms with E-state index in [1.807, 2.05) is 0 Å². The topological polar surface area (TPSA) is 75.6 Å². The first-order chi connectivity index (χ1) is 7.61. The summed E-state index contributed by atoms with van der Waals surface area (Å²) < 4.78 is 4.69. The lowest BCUT2D eigenvalue weighted by molar-refractivity contribution is -0.148. The molecule has 0 heterocycles. The molecule has 1 unspecified atom stereocenters. The van der Waals surface area contributed by atoms with E-state index < -0.39 is 12.1 Å². The molecular formula is C11H21NO4. The molecule has 1 atom stereocenters. The molecule has 0 bridgehead atoms. The molecule has 94 valence electrons. The fourth-order valence-electron chi connectivity index (χ4n) is 1.28. The average Bonchev–Trinajstić information content (AvgIpc) is 2.25. The lowest BCUT2D eigenvalue weighted by Gasteiger charge is -2.11. The van der Waals surface area contributed by atoms with Crippen LogP contribution in [0.5, 0.6) is 0 Å². The van der Waals surface area contributed by atoms with Gasteiger partial charge in [0.2, 0.25) is 5.91 Å². The second kappa shape index (κ2) is 9.15. The molecule has 16 heavy (non-hydrogen) atoms. The van der Waals surface area contributed by atoms with E-state index in [1.54, 1.807) is 0 Å². The number of carboxylic acids is 1. The van der Waals surface area contributed by atoms with E-state index in [9.17, 15) is 9.59 Å². The molecule has 0 aliphatic heterocycles. The van der Waals surface area contributed by atoms with Crippen LogP contribution in [-0.4, -0.2) is 36.7 Å². The number of ether oxygens (including phenoxy) is 1. The first kappa shape index (κ1) is 14.9. The highest BCUT2D eigenvalue weighted by molar-refractivity contribution is 5.78. The lowest BCUT2D eigenvalue weighted by atomic mass is 10.1. The molecule has 1 amide bonds. The molecule has 0 aliphatic rings. The Morgan fingerprint density at radius 2 is 2.00 bits per heavy atom. The highest BCUT2D eigenvalue weighted by Crippen LogP contribution is 2.02. The van der Waals surface area contributed by atoms with E-state index in [1.165, 1.54) is 7.11 Å². The summed E-state index contributed by atoms with van der Waals surface area (Å²) in [7, 11) is 1.31. The van der Waals surface area contributed by atoms with Crippen LogP contribution < -0.4 is 5.32 Å². The average molecular weight is 231 g/mol. The predicted molar refractivity (Wildman–Crippen MR) is 60.2 cm³/mol. The molecule has 0 rings (SSSR count). The van der Waals surface area contributed by atoms with Crippen LogP contribution in [0.2, 0.25) is 0 Å². The molecule has 0 spiro atoms. The number of carbonyl (C=O) groups excluding carboxylic acids is 1. The van der Waals surface area contributed by atoms with E-state index in [-0.39, 0.29) is 12.5 Å². The Bertz CT molecular complexity index is 218. The summed E-state index contributed by atoms with van der Waals surface area (Å²) in [5.41, 5.74) is 0. The van der Waals surface area contributed by atoms with Crippen molar-refractivity contribution < 1.29 is 19.4 Å². The van der Waals surface area contributed by atoms with Gasteiger partial charge in [-0.15, -0.1) is 0 Å². The maximum absolute atomic E-state index is 11.3. The number of hydrogen-bond acceptors (Lipinski definition) is 3. The van der Waals surface area contributed by atoms with Crippen molar-refractivity contribution >= 4 is 11.9 Å². The molecule has 2 N–H and O–H groups in total. The summed E-state index contributed by atoms with van der Waals surface area (Å²) >= 11 is 0. The zero-order valence-electron chi connectivity index (χ0n) is 9.99. The minimum atomic E-state index is -1.06. The first-order valence-electron chi connectivity index (χ1n) is 5.64. The van der Waals surface area contributed by atoms with Gasteiger partial charge in [-0.05, 0) is 6.42 Å². The smallest absolute Gasteiger partial charge is 0.334 e. The van der Waals surface area contributed by atoms with Gasteiger partial charge in [0.1, 0.15) is 0 Å². The lowest BCUT2D eigenvalue weighted by Crippen LogP contribution is -2.37. The monoisotopic (exact) mass is 231 g/mol. The Hall–Kier alpha value is -1.10. The number of methoxy groups -OCH3 is 1. The molecule has 0 radical (unpaired) electrons. The van der Waals surface area contributed by atoms with Crippen molar-refractivity contribution in [1.29, 1.82) is 0 Å². The highest BCUT2D eigenvalue weighted by Gasteiger charge is 2.16. The van der Waals surface area contributed by atoms with Crippen molar-refractivity contribution in [2.45, 2.75) is 45.1 Å². The van der Waals surface area contributed by atoms with Crippen molar-refractivity contribution in [2.75, 3.05) is 13.7 Å². The van der Waals surface area contributed by atoms with E-state index in [2.05, 4.69) is 12.2 Å². The van der Waals surface area contributed by atoms with Gasteiger partial charge in [-0.1, -0.05) is 26.2 Å². The van der Waals surface area contributed by atoms with E-state index in [0.29, 0.717) is 6.42 Å². The van der Waals surface area contributed by atoms with Crippen LogP contribution in [0.4, 0.5) is 0 Å². The van der Waals surface area contributed by atoms with Crippen LogP contribution in [-0.2, 0) is 14.3 Å². The summed E-state index contributed by atoms with van der Waals surface area (Å²) in [5.74, 6) is -1.17. The van der Waals surface area contributed by atoms with Crippen molar-refractivity contribution in [3.8, 4) is 0 Å². The summed E-state index contributed by atoms with van der Waals surface area (Å²) in [6.45, 7) is 2.13. The van der Waals surface area contributed by atoms with Gasteiger partial charge in [-0.2, -0.15) is 0 Å². The number of amides is 1. The van der Waals surface area contributed by atoms with Crippen LogP contribution in [0.15, 0.2) is 0 Å². The van der Waals surface area contributed by atoms with E-state index >= 15 is 0 Å². The number of rotatable bonds is 9. The SMILES string of the molecule is CCCCCCC(=O)NCC(OC)C(=O)O. The van der Waals surface area contributed by atoms with Gasteiger partial charge in [-0.3, -0.25) is 4.79 Å². The zero-order valence-corrected chi connectivity index (χ0v) is 9.99. The third kappa shape index (κ3) is 7.23. The van der Waals surface area contributed by atoms with E-state index in [4.69, 9.17) is 9.84 Å². The van der Waals surface area contributed by atoms with Gasteiger partial charge in [0, 0.05) is 13.5 Å². The van der Waals surface area contributed by atoms with Crippen molar-refractivity contribution in [2.24, 2.45) is 0 Å². The third-order valence-corrected chi connectivity index (χ3v) is 2.30. The largest absolute Gasteiger partial charge is 0.479 e. The maximum atomic E-state index is 11.3. The first-order valence-corrected chi connectivity index (χ1v) is 5.64. The second-order valence-electron chi connectivity index (χ2n) is 3.68. The number of nitrogens with one attached hydrogen (secondary N) is 1. The van der Waals surface area contributed by atoms with Crippen molar-refractivity contribution in [1.82, 2.24) is 5.32 Å². The molecule has 0 saturated heterocycles. The minimum absolute atomic E-state index is 0.0262. The van der Waals surface area contributed by atoms with Gasteiger partial charge < -0.3 is 15.2 Å². The third-order valence-electron chi connectivity index (χ3n) is 2.30. The predicted octanol–water partition coefficient (Wildman–Crippen LogP) is 1.17. The molecular weight excluding hydrogens is 210 g/mol. The second-order valence-corrected chi connectivity index (χ2v) is 3.68. The number of aliphatic carboxylic acids is 1. The molecule has 0 saturated carbocycles. The van der Waals surface area contributed by atoms with Crippen LogP contribution in [0.1, 0.15) is 39.0 Å². The summed E-state index contributed by atoms with van der Waals surface area (Å²) in [6.07, 6.45) is 3.64. The van der Waals surface area contributed by atoms with Crippen molar-refractivity contribution in [3.05, 3.63) is 0 Å². The fraction of sp³-hybridized carbons (Fsp3) is 0.818. The zero-order chi connectivity index (χ0) is 12.4. The Kier molecular flexibility index (Phi) is 8.52. The minimum Gasteiger partial charge on any atom is -0.479 e. The summed E-state index contributed by atoms with van der Waals surface area (Å²) in [4.78, 5) is 21.9. The van der Waals surface area contributed by atoms with Gasteiger partial charge in [0.05, 0.1) is 6.54 Å². The van der Waals surface area contributed by atoms with Crippen LogP contribution >= 0.6 is 0 Å². The standard InChI is InChI=1S/C11H21NO4/c1-3-4-5-6-7-10(13)12-8-9(16-2)11(14)15/h9H,3-8H2,1-2H3,(H,12,13)(H,14,15). The quantitative estimate of drug-likeness (QED) is 0.584. The van der Waals surface area contributed by atoms with E-state index in [0.717, 1.165) is 25.7 Å². The molecule has 0 aliphatic carbocycles. The molecule has 0 aromatic heterocycles. The molecule has 5 heteroatoms.